The van der Waals surface area contributed by atoms with Crippen LogP contribution < -0.4 is 11.2 Å². The van der Waals surface area contributed by atoms with Crippen LogP contribution in [0.3, 0.4) is 0 Å². The molecular weight excluding hydrogens is 356 g/mol. The van der Waals surface area contributed by atoms with Gasteiger partial charge in [0.25, 0.3) is 5.56 Å². The average molecular weight is 375 g/mol. The molecule has 22 heavy (non-hydrogen) atoms. The van der Waals surface area contributed by atoms with Crippen molar-refractivity contribution in [3.63, 3.8) is 0 Å². The lowest BCUT2D eigenvalue weighted by molar-refractivity contribution is -0.000535. The Hall–Kier alpha value is -1.45. The Morgan fingerprint density at radius 1 is 1.27 bits per heavy atom. The Labute approximate surface area is 135 Å². The van der Waals surface area contributed by atoms with Crippen LogP contribution in [0.25, 0.3) is 11.2 Å². The molecule has 0 aromatic carbocycles. The summed E-state index contributed by atoms with van der Waals surface area (Å²) in [5.41, 5.74) is -0.358. The lowest BCUT2D eigenvalue weighted by Gasteiger charge is -2.15. The van der Waals surface area contributed by atoms with E-state index >= 15 is 0 Å². The van der Waals surface area contributed by atoms with E-state index < -0.39 is 17.4 Å². The molecule has 0 aliphatic carbocycles. The fraction of sp³-hybridized carbons (Fsp3) is 0.615. The van der Waals surface area contributed by atoms with Crippen LogP contribution in [0.15, 0.2) is 14.3 Å². The van der Waals surface area contributed by atoms with E-state index in [4.69, 9.17) is 4.74 Å². The van der Waals surface area contributed by atoms with E-state index in [1.807, 2.05) is 13.8 Å². The van der Waals surface area contributed by atoms with Gasteiger partial charge in [0.15, 0.2) is 15.9 Å². The summed E-state index contributed by atoms with van der Waals surface area (Å²) >= 11 is 3.27. The van der Waals surface area contributed by atoms with E-state index in [0.29, 0.717) is 4.73 Å². The van der Waals surface area contributed by atoms with E-state index in [9.17, 15) is 14.7 Å². The molecule has 0 aliphatic rings. The maximum absolute atomic E-state index is 12.3. The standard InChI is InChI=1S/C13H19BrN4O4/c1-7(2)22-6-8(19)5-18-9-10(15-12(18)14)16(3)13(21)17(4)11(9)20/h7-8,19H,5-6H2,1-4H3. The predicted octanol–water partition coefficient (Wildman–Crippen LogP) is -0.0179. The number of aromatic nitrogens is 4. The van der Waals surface area contributed by atoms with E-state index in [2.05, 4.69) is 20.9 Å². The summed E-state index contributed by atoms with van der Waals surface area (Å²) in [7, 11) is 2.96. The number of rotatable bonds is 5. The molecule has 0 saturated heterocycles. The highest BCUT2D eigenvalue weighted by Crippen LogP contribution is 2.16. The Balaban J connectivity index is 2.49. The molecule has 2 aromatic heterocycles. The van der Waals surface area contributed by atoms with Gasteiger partial charge in [0.1, 0.15) is 0 Å². The monoisotopic (exact) mass is 374 g/mol. The summed E-state index contributed by atoms with van der Waals surface area (Å²) in [5, 5.41) is 10.1. The molecule has 0 spiro atoms. The zero-order valence-electron chi connectivity index (χ0n) is 12.9. The van der Waals surface area contributed by atoms with E-state index in [0.717, 1.165) is 4.57 Å². The number of hydrogen-bond donors (Lipinski definition) is 1. The minimum atomic E-state index is -0.793. The van der Waals surface area contributed by atoms with Crippen molar-refractivity contribution in [2.45, 2.75) is 32.6 Å². The van der Waals surface area contributed by atoms with Crippen LogP contribution in [-0.2, 0) is 25.4 Å². The largest absolute Gasteiger partial charge is 0.389 e. The third-order valence-electron chi connectivity index (χ3n) is 3.32. The normalized spacial score (nSPS) is 13.2. The van der Waals surface area contributed by atoms with Gasteiger partial charge in [0, 0.05) is 14.1 Å². The van der Waals surface area contributed by atoms with Gasteiger partial charge in [-0.1, -0.05) is 0 Å². The molecule has 1 N–H and O–H groups in total. The molecule has 0 radical (unpaired) electrons. The first kappa shape index (κ1) is 16.9. The van der Waals surface area contributed by atoms with Crippen LogP contribution in [0.5, 0.6) is 0 Å². The van der Waals surface area contributed by atoms with Crippen LogP contribution in [0, 0.1) is 0 Å². The molecule has 9 heteroatoms. The Morgan fingerprint density at radius 3 is 2.50 bits per heavy atom. The van der Waals surface area contributed by atoms with Gasteiger partial charge in [0.2, 0.25) is 0 Å². The molecule has 0 bridgehead atoms. The first-order valence-electron chi connectivity index (χ1n) is 6.85. The molecule has 122 valence electrons. The molecule has 1 atom stereocenters. The quantitative estimate of drug-likeness (QED) is 0.742. The lowest BCUT2D eigenvalue weighted by atomic mass is 10.3. The highest BCUT2D eigenvalue weighted by atomic mass is 79.9. The fourth-order valence-electron chi connectivity index (χ4n) is 2.15. The van der Waals surface area contributed by atoms with Gasteiger partial charge >= 0.3 is 5.69 Å². The number of ether oxygens (including phenoxy) is 1. The number of hydrogen-bond acceptors (Lipinski definition) is 5. The van der Waals surface area contributed by atoms with Crippen molar-refractivity contribution in [2.75, 3.05) is 6.61 Å². The van der Waals surface area contributed by atoms with Crippen LogP contribution in [0.2, 0.25) is 0 Å². The third-order valence-corrected chi connectivity index (χ3v) is 3.92. The van der Waals surface area contributed by atoms with Crippen molar-refractivity contribution in [3.8, 4) is 0 Å². The van der Waals surface area contributed by atoms with Crippen LogP contribution in [0.1, 0.15) is 13.8 Å². The SMILES string of the molecule is CC(C)OCC(O)Cn1c(Br)nc2c1c(=O)n(C)c(=O)n2C. The first-order chi connectivity index (χ1) is 10.2. The third kappa shape index (κ3) is 3.01. The number of halogens is 1. The van der Waals surface area contributed by atoms with Gasteiger partial charge < -0.3 is 14.4 Å². The van der Waals surface area contributed by atoms with Gasteiger partial charge in [0.05, 0.1) is 25.4 Å². The number of aliphatic hydroxyl groups is 1. The molecule has 0 fully saturated rings. The van der Waals surface area contributed by atoms with Crippen molar-refractivity contribution in [2.24, 2.45) is 14.1 Å². The summed E-state index contributed by atoms with van der Waals surface area (Å²) < 4.78 is 9.61. The molecule has 2 rings (SSSR count). The van der Waals surface area contributed by atoms with Gasteiger partial charge in [-0.2, -0.15) is 0 Å². The Kier molecular flexibility index (Phi) is 4.88. The summed E-state index contributed by atoms with van der Waals surface area (Å²) in [6, 6.07) is 0. The Morgan fingerprint density at radius 2 is 1.91 bits per heavy atom. The van der Waals surface area contributed by atoms with Crippen LogP contribution in [-0.4, -0.2) is 42.6 Å². The number of imidazole rings is 1. The van der Waals surface area contributed by atoms with E-state index in [1.165, 1.54) is 11.6 Å². The predicted molar refractivity (Wildman–Crippen MR) is 85.0 cm³/mol. The average Bonchev–Trinajstić information content (AvgIpc) is 2.78. The minimum absolute atomic E-state index is 0.00585. The van der Waals surface area contributed by atoms with Gasteiger partial charge in [-0.15, -0.1) is 0 Å². The highest BCUT2D eigenvalue weighted by Gasteiger charge is 2.19. The van der Waals surface area contributed by atoms with E-state index in [-0.39, 0.29) is 30.4 Å². The van der Waals surface area contributed by atoms with Crippen molar-refractivity contribution in [3.05, 3.63) is 25.6 Å². The first-order valence-corrected chi connectivity index (χ1v) is 7.64. The van der Waals surface area contributed by atoms with Crippen molar-refractivity contribution >= 4 is 27.1 Å². The maximum atomic E-state index is 12.3. The van der Waals surface area contributed by atoms with Gasteiger partial charge in [-0.3, -0.25) is 13.9 Å². The fourth-order valence-corrected chi connectivity index (χ4v) is 2.64. The van der Waals surface area contributed by atoms with Crippen LogP contribution >= 0.6 is 15.9 Å². The summed E-state index contributed by atoms with van der Waals surface area (Å²) in [5.74, 6) is 0. The summed E-state index contributed by atoms with van der Waals surface area (Å²) in [4.78, 5) is 28.5. The summed E-state index contributed by atoms with van der Waals surface area (Å²) in [6.07, 6.45) is -0.788. The molecule has 2 heterocycles. The molecule has 1 unspecified atom stereocenters. The topological polar surface area (TPSA) is 91.3 Å². The maximum Gasteiger partial charge on any atom is 0.332 e. The molecule has 0 amide bonds. The zero-order valence-corrected chi connectivity index (χ0v) is 14.5. The summed E-state index contributed by atoms with van der Waals surface area (Å²) in [6.45, 7) is 4.04. The second-order valence-electron chi connectivity index (χ2n) is 5.41. The molecule has 0 saturated carbocycles. The van der Waals surface area contributed by atoms with Gasteiger partial charge in [-0.25, -0.2) is 9.78 Å². The number of nitrogens with zero attached hydrogens (tertiary/aromatic N) is 4. The molecule has 8 nitrogen and oxygen atoms in total. The van der Waals surface area contributed by atoms with Crippen molar-refractivity contribution < 1.29 is 9.84 Å². The van der Waals surface area contributed by atoms with Gasteiger partial charge in [-0.05, 0) is 29.8 Å². The van der Waals surface area contributed by atoms with Crippen molar-refractivity contribution in [1.82, 2.24) is 18.7 Å². The smallest absolute Gasteiger partial charge is 0.332 e. The van der Waals surface area contributed by atoms with Crippen LogP contribution in [0.4, 0.5) is 0 Å². The number of fused-ring (bicyclic) bond motifs is 1. The number of aliphatic hydroxyl groups excluding tert-OH is 1. The number of aryl methyl sites for hydroxylation is 1. The second-order valence-corrected chi connectivity index (χ2v) is 6.11. The van der Waals surface area contributed by atoms with E-state index in [1.54, 1.807) is 11.6 Å². The molecular formula is C13H19BrN4O4. The highest BCUT2D eigenvalue weighted by molar-refractivity contribution is 9.10. The molecule has 0 aliphatic heterocycles. The second kappa shape index (κ2) is 6.35. The van der Waals surface area contributed by atoms with Crippen molar-refractivity contribution in [1.29, 1.82) is 0 Å². The molecule has 2 aromatic rings. The zero-order chi connectivity index (χ0) is 16.6. The minimum Gasteiger partial charge on any atom is -0.389 e. The Bertz CT molecular complexity index is 805. The lowest BCUT2D eigenvalue weighted by Crippen LogP contribution is -2.38.